The number of carbonyl (C=O) groups is 4. The number of likely N-dealkylation sites (N-methyl/N-ethyl adjacent to an activating group) is 2. The number of benzene rings is 4. The molecule has 4 aromatic rings. The quantitative estimate of drug-likeness (QED) is 0.0261. The van der Waals surface area contributed by atoms with E-state index in [1.165, 1.54) is 13.8 Å². The minimum atomic E-state index is -0.995. The summed E-state index contributed by atoms with van der Waals surface area (Å²) in [6.45, 7) is 4.87. The smallest absolute Gasteiger partial charge is 0.322 e. The zero-order chi connectivity index (χ0) is 53.0. The van der Waals surface area contributed by atoms with Crippen molar-refractivity contribution in [2.75, 3.05) is 110 Å². The van der Waals surface area contributed by atoms with Crippen molar-refractivity contribution < 1.29 is 75.5 Å². The van der Waals surface area contributed by atoms with Gasteiger partial charge >= 0.3 is 11.9 Å². The Bertz CT molecular complexity index is 2420. The molecule has 2 aliphatic heterocycles. The number of carbonyl (C=O) groups excluding carboxylic acids is 4. The van der Waals surface area contributed by atoms with E-state index in [0.29, 0.717) is 113 Å². The molecule has 73 heavy (non-hydrogen) atoms. The molecule has 0 N–H and O–H groups in total. The molecule has 6 rings (SSSR count). The maximum atomic E-state index is 13.8. The second kappa shape index (κ2) is 24.9. The number of ketones is 2. The molecule has 0 fully saturated rings. The van der Waals surface area contributed by atoms with Crippen molar-refractivity contribution >= 4 is 23.5 Å². The van der Waals surface area contributed by atoms with Gasteiger partial charge in [0.25, 0.3) is 0 Å². The normalized spacial score (nSPS) is 19.7. The minimum absolute atomic E-state index is 0.0979. The molecule has 0 radical (unpaired) electrons. The van der Waals surface area contributed by atoms with E-state index in [4.69, 9.17) is 47.4 Å². The summed E-state index contributed by atoms with van der Waals surface area (Å²) in [5, 5.41) is 0. The Morgan fingerprint density at radius 3 is 1.12 bits per heavy atom. The van der Waals surface area contributed by atoms with Crippen LogP contribution in [0.15, 0.2) is 60.7 Å². The molecule has 0 aliphatic carbocycles. The van der Waals surface area contributed by atoms with Crippen LogP contribution in [0.3, 0.4) is 0 Å². The van der Waals surface area contributed by atoms with Gasteiger partial charge in [0.1, 0.15) is 23.7 Å². The summed E-state index contributed by atoms with van der Waals surface area (Å²) in [5.74, 6) is 1.28. The third-order valence-corrected chi connectivity index (χ3v) is 15.1. The third-order valence-electron chi connectivity index (χ3n) is 15.1. The molecule has 2 aliphatic rings. The molecule has 6 atom stereocenters. The summed E-state index contributed by atoms with van der Waals surface area (Å²) in [6, 6.07) is 19.4. The van der Waals surface area contributed by atoms with Crippen LogP contribution < -0.4 is 37.9 Å². The highest BCUT2D eigenvalue weighted by molar-refractivity contribution is 5.98. The Balaban J connectivity index is 1.08. The number of hydrogen-bond donors (Lipinski definition) is 0. The van der Waals surface area contributed by atoms with Crippen molar-refractivity contribution in [3.8, 4) is 46.0 Å². The van der Waals surface area contributed by atoms with E-state index in [1.807, 2.05) is 60.7 Å². The van der Waals surface area contributed by atoms with Crippen LogP contribution >= 0.6 is 0 Å². The predicted octanol–water partition coefficient (Wildman–Crippen LogP) is 7.70. The Morgan fingerprint density at radius 2 is 0.795 bits per heavy atom. The lowest BCUT2D eigenvalue weighted by Gasteiger charge is -2.47. The highest BCUT2D eigenvalue weighted by Crippen LogP contribution is 2.46. The molecule has 2 heterocycles. The number of unbranched alkanes of at least 4 members (excludes halogenated alkanes) is 2. The first-order chi connectivity index (χ1) is 35.0. The summed E-state index contributed by atoms with van der Waals surface area (Å²) in [7, 11) is 17.0. The molecule has 0 saturated carbocycles. The zero-order valence-electron chi connectivity index (χ0n) is 44.9. The van der Waals surface area contributed by atoms with E-state index in [2.05, 4.69) is 14.1 Å². The van der Waals surface area contributed by atoms with Crippen LogP contribution in [0.5, 0.6) is 46.0 Å². The van der Waals surface area contributed by atoms with E-state index in [9.17, 15) is 19.2 Å². The fourth-order valence-corrected chi connectivity index (χ4v) is 10.7. The summed E-state index contributed by atoms with van der Waals surface area (Å²) in [4.78, 5) is 54.3. The van der Waals surface area contributed by atoms with Gasteiger partial charge < -0.3 is 56.3 Å². The van der Waals surface area contributed by atoms with Gasteiger partial charge in [-0.05, 0) is 104 Å². The second-order valence-corrected chi connectivity index (χ2v) is 19.6. The monoisotopic (exact) mass is 1010 g/mol. The number of methoxy groups -OCH3 is 8. The molecule has 0 amide bonds. The van der Waals surface area contributed by atoms with Crippen molar-refractivity contribution in [3.05, 3.63) is 94.0 Å². The maximum Gasteiger partial charge on any atom is 0.322 e. The Kier molecular flexibility index (Phi) is 19.1. The molecule has 0 aromatic heterocycles. The number of quaternary nitrogens is 2. The van der Waals surface area contributed by atoms with Gasteiger partial charge in [-0.3, -0.25) is 19.2 Å². The van der Waals surface area contributed by atoms with E-state index in [0.717, 1.165) is 33.4 Å². The molecular weight excluding hydrogens is 937 g/mol. The first-order valence-corrected chi connectivity index (χ1v) is 24.9. The van der Waals surface area contributed by atoms with E-state index in [-0.39, 0.29) is 50.0 Å². The van der Waals surface area contributed by atoms with E-state index >= 15 is 0 Å². The number of nitrogens with zero attached hydrogens (tertiary/aromatic N) is 2. The molecule has 0 saturated heterocycles. The Labute approximate surface area is 430 Å². The van der Waals surface area contributed by atoms with Crippen LogP contribution in [0.4, 0.5) is 0 Å². The predicted molar refractivity (Wildman–Crippen MR) is 274 cm³/mol. The lowest BCUT2D eigenvalue weighted by molar-refractivity contribution is -0.942. The van der Waals surface area contributed by atoms with E-state index < -0.39 is 23.8 Å². The van der Waals surface area contributed by atoms with Crippen LogP contribution in [0.25, 0.3) is 0 Å². The number of ether oxygens (including phenoxy) is 10. The highest BCUT2D eigenvalue weighted by atomic mass is 16.5. The van der Waals surface area contributed by atoms with Gasteiger partial charge in [0, 0.05) is 36.8 Å². The van der Waals surface area contributed by atoms with Crippen molar-refractivity contribution in [1.29, 1.82) is 0 Å². The molecule has 396 valence electrons. The SMILES string of the molecule is COc1ccc(C[C@@H]2c3cc(OC)c(OC)cc3CC[N+]2(C)CC(C(C)=O)C(=O)OCCCCCOC(=O)C(C[N+]2(C)CCc3cc(OC)c(OC)cc3[C@H]2Cc2ccc(OC)c(OC)c2)C(C)=O)cc1OC. The number of rotatable bonds is 26. The van der Waals surface area contributed by atoms with Gasteiger partial charge in [0.05, 0.1) is 110 Å². The molecule has 16 nitrogen and oxygen atoms in total. The van der Waals surface area contributed by atoms with Crippen LogP contribution in [-0.2, 0) is 54.3 Å². The summed E-state index contributed by atoms with van der Waals surface area (Å²) in [6.07, 6.45) is 4.13. The third kappa shape index (κ3) is 12.8. The summed E-state index contributed by atoms with van der Waals surface area (Å²) in [5.41, 5.74) is 6.34. The first kappa shape index (κ1) is 55.8. The molecule has 4 unspecified atom stereocenters. The van der Waals surface area contributed by atoms with Gasteiger partial charge in [0.2, 0.25) is 0 Å². The van der Waals surface area contributed by atoms with Crippen molar-refractivity contribution in [2.24, 2.45) is 11.8 Å². The van der Waals surface area contributed by atoms with Gasteiger partial charge in [-0.2, -0.15) is 0 Å². The maximum absolute atomic E-state index is 13.8. The fourth-order valence-electron chi connectivity index (χ4n) is 10.7. The average Bonchev–Trinajstić information content (AvgIpc) is 3.39. The fraction of sp³-hybridized carbons (Fsp3) is 0.509. The van der Waals surface area contributed by atoms with Crippen LogP contribution in [0.1, 0.15) is 78.6 Å². The number of Topliss-reactive ketones (excluding diaryl/α,β-unsaturated/α-hetero) is 2. The highest BCUT2D eigenvalue weighted by Gasteiger charge is 2.46. The van der Waals surface area contributed by atoms with Gasteiger partial charge in [-0.15, -0.1) is 0 Å². The number of esters is 2. The van der Waals surface area contributed by atoms with Crippen LogP contribution in [0.2, 0.25) is 0 Å². The lowest BCUT2D eigenvalue weighted by atomic mass is 9.85. The first-order valence-electron chi connectivity index (χ1n) is 24.9. The van der Waals surface area contributed by atoms with Gasteiger partial charge in [0.15, 0.2) is 57.8 Å². The second-order valence-electron chi connectivity index (χ2n) is 19.6. The molecular formula is C57H76N2O14+2. The molecule has 0 spiro atoms. The van der Waals surface area contributed by atoms with Crippen molar-refractivity contribution in [2.45, 2.75) is 70.9 Å². The summed E-state index contributed by atoms with van der Waals surface area (Å²) >= 11 is 0. The van der Waals surface area contributed by atoms with Crippen molar-refractivity contribution in [3.63, 3.8) is 0 Å². The van der Waals surface area contributed by atoms with Gasteiger partial charge in [-0.1, -0.05) is 12.1 Å². The van der Waals surface area contributed by atoms with E-state index in [1.54, 1.807) is 56.9 Å². The molecule has 16 heteroatoms. The zero-order valence-corrected chi connectivity index (χ0v) is 44.9. The standard InChI is InChI=1S/C57H76N2O14/c1-36(60)44(34-58(3)22-20-40-30-52(68-9)54(70-11)32-42(40)46(58)26-38-16-18-48(64-5)50(28-38)66-7)56(62)72-24-14-13-15-25-73-57(63)45(37(2)61)35-59(4)23-21-41-31-53(69-10)55(71-12)33-43(41)47(59)27-39-17-19-49(65-6)51(29-39)67-8/h16-19,28-33,44-47H,13-15,20-27,34-35H2,1-12H3/q+2/t44?,45?,46-,47-,58?,59?/m1/s1. The summed E-state index contributed by atoms with van der Waals surface area (Å²) < 4.78 is 57.5. The van der Waals surface area contributed by atoms with Crippen LogP contribution in [0, 0.1) is 11.8 Å². The topological polar surface area (TPSA) is 161 Å². The Morgan fingerprint density at radius 1 is 0.466 bits per heavy atom. The van der Waals surface area contributed by atoms with Crippen molar-refractivity contribution in [1.82, 2.24) is 0 Å². The number of hydrogen-bond acceptors (Lipinski definition) is 14. The lowest BCUT2D eigenvalue weighted by Crippen LogP contribution is -2.56. The average molecular weight is 1010 g/mol. The van der Waals surface area contributed by atoms with Crippen LogP contribution in [-0.4, -0.2) is 143 Å². The largest absolute Gasteiger partial charge is 0.493 e. The molecule has 0 bridgehead atoms. The van der Waals surface area contributed by atoms with Gasteiger partial charge in [-0.25, -0.2) is 0 Å². The Hall–Kier alpha value is -6.52. The number of fused-ring (bicyclic) bond motifs is 2. The minimum Gasteiger partial charge on any atom is -0.493 e. The molecule has 4 aromatic carbocycles.